The Morgan fingerprint density at radius 2 is 2.18 bits per heavy atom. The van der Waals surface area contributed by atoms with Crippen LogP contribution in [0, 0.1) is 30.5 Å². The Morgan fingerprint density at radius 3 is 2.65 bits per heavy atom. The number of aliphatic carboxylic acids is 1. The zero-order chi connectivity index (χ0) is 13.2. The zero-order valence-corrected chi connectivity index (χ0v) is 11.4. The first-order chi connectivity index (χ1) is 7.84. The number of carbonyl (C=O) groups is 2. The van der Waals surface area contributed by atoms with Crippen LogP contribution in [0.1, 0.15) is 16.1 Å². The van der Waals surface area contributed by atoms with E-state index in [9.17, 15) is 14.0 Å². The molecule has 0 saturated heterocycles. The molecule has 17 heavy (non-hydrogen) atoms. The van der Waals surface area contributed by atoms with Gasteiger partial charge in [-0.1, -0.05) is 0 Å². The van der Waals surface area contributed by atoms with Crippen LogP contribution in [0.2, 0.25) is 0 Å². The van der Waals surface area contributed by atoms with Crippen LogP contribution in [-0.2, 0) is 11.2 Å². The SMILES string of the molecule is NC(=O)c1ncc(CC(N)C(=O)O)c(F)c1[At]. The molecule has 1 atom stereocenters. The van der Waals surface area contributed by atoms with Crippen LogP contribution in [0.5, 0.6) is 0 Å². The van der Waals surface area contributed by atoms with Gasteiger partial charge >= 0.3 is 111 Å². The van der Waals surface area contributed by atoms with E-state index in [1.165, 1.54) is 0 Å². The summed E-state index contributed by atoms with van der Waals surface area (Å²) in [6, 6.07) is -1.21. The van der Waals surface area contributed by atoms with E-state index < -0.39 is 23.7 Å². The molecule has 1 rings (SSSR count). The predicted octanol–water partition coefficient (Wildman–Crippen LogP) is -1.55. The van der Waals surface area contributed by atoms with Gasteiger partial charge in [0.15, 0.2) is 0 Å². The van der Waals surface area contributed by atoms with Crippen LogP contribution in [0.4, 0.5) is 4.39 Å². The van der Waals surface area contributed by atoms with Crippen molar-refractivity contribution in [1.29, 1.82) is 0 Å². The van der Waals surface area contributed by atoms with Crippen LogP contribution in [0.25, 0.3) is 0 Å². The number of hydrogen-bond donors (Lipinski definition) is 3. The first kappa shape index (κ1) is 13.9. The average molecular weight is 436 g/mol. The Kier molecular flexibility index (Phi) is 4.48. The fraction of sp³-hybridized carbons (Fsp3) is 0.222. The molecule has 1 aromatic heterocycles. The molecule has 1 amide bonds. The number of amides is 1. The minimum absolute atomic E-state index is 0.0487. The Labute approximate surface area is 111 Å². The number of primary amides is 1. The molecule has 5 N–H and O–H groups in total. The summed E-state index contributed by atoms with van der Waals surface area (Å²) in [6.07, 6.45) is 0.892. The molecule has 0 aliphatic rings. The number of nitrogens with two attached hydrogens (primary N) is 2. The van der Waals surface area contributed by atoms with Crippen molar-refractivity contribution in [2.75, 3.05) is 0 Å². The number of rotatable bonds is 4. The number of aromatic nitrogens is 1. The number of carboxylic acid groups (broad SMARTS) is 1. The Bertz CT molecular complexity index is 481. The average Bonchev–Trinajstić information content (AvgIpc) is 2.24. The normalized spacial score (nSPS) is 12.2. The van der Waals surface area contributed by atoms with Gasteiger partial charge in [0.05, 0.1) is 0 Å². The summed E-state index contributed by atoms with van der Waals surface area (Å²) in [7, 11) is 0. The predicted molar refractivity (Wildman–Crippen MR) is 51.7 cm³/mol. The summed E-state index contributed by atoms with van der Waals surface area (Å²) in [6.45, 7) is 0. The second-order valence-electron chi connectivity index (χ2n) is 3.27. The van der Waals surface area contributed by atoms with E-state index in [2.05, 4.69) is 4.98 Å². The Hall–Kier alpha value is -1.14. The van der Waals surface area contributed by atoms with Crippen molar-refractivity contribution in [2.24, 2.45) is 11.5 Å². The summed E-state index contributed by atoms with van der Waals surface area (Å²) in [5, 5.41) is 8.61. The van der Waals surface area contributed by atoms with Gasteiger partial charge in [-0.25, -0.2) is 0 Å². The van der Waals surface area contributed by atoms with E-state index in [0.717, 1.165) is 30.9 Å². The van der Waals surface area contributed by atoms with Crippen molar-refractivity contribution in [2.45, 2.75) is 12.5 Å². The molecule has 92 valence electrons. The summed E-state index contributed by atoms with van der Waals surface area (Å²) >= 11 is 0.905. The molecule has 0 aliphatic heterocycles. The number of nitrogens with zero attached hydrogens (tertiary/aromatic N) is 1. The number of halogens is 1. The Balaban J connectivity index is 3.09. The van der Waals surface area contributed by atoms with E-state index >= 15 is 0 Å². The van der Waals surface area contributed by atoms with Gasteiger partial charge in [-0.2, -0.15) is 0 Å². The molecule has 1 heterocycles. The van der Waals surface area contributed by atoms with E-state index in [1.807, 2.05) is 0 Å². The molecular weight excluding hydrogens is 427 g/mol. The quantitative estimate of drug-likeness (QED) is 0.528. The van der Waals surface area contributed by atoms with Crippen molar-refractivity contribution in [1.82, 2.24) is 4.98 Å². The molecule has 0 fully saturated rings. The minimum atomic E-state index is -1.23. The molecule has 8 heteroatoms. The van der Waals surface area contributed by atoms with Crippen molar-refractivity contribution < 1.29 is 43.8 Å². The van der Waals surface area contributed by atoms with Gasteiger partial charge in [0, 0.05) is 0 Å². The molecule has 0 spiro atoms. The molecule has 1 aromatic rings. The first-order valence-corrected chi connectivity index (χ1v) is 5.92. The second kappa shape index (κ2) is 5.46. The third-order valence-corrected chi connectivity index (χ3v) is 3.36. The summed E-state index contributed by atoms with van der Waals surface area (Å²) in [5.41, 5.74) is 10.2. The van der Waals surface area contributed by atoms with Gasteiger partial charge in [-0.3, -0.25) is 0 Å². The van der Waals surface area contributed by atoms with E-state index in [-0.39, 0.29) is 20.9 Å². The topological polar surface area (TPSA) is 119 Å². The van der Waals surface area contributed by atoms with Gasteiger partial charge in [0.1, 0.15) is 0 Å². The monoisotopic (exact) mass is 436 g/mol. The van der Waals surface area contributed by atoms with Crippen LogP contribution < -0.4 is 14.7 Å². The van der Waals surface area contributed by atoms with E-state index in [0.29, 0.717) is 0 Å². The number of carbonyl (C=O) groups excluding carboxylic acids is 1. The van der Waals surface area contributed by atoms with Crippen molar-refractivity contribution in [3.8, 4) is 0 Å². The van der Waals surface area contributed by atoms with Gasteiger partial charge in [0.25, 0.3) is 0 Å². The second-order valence-corrected chi connectivity index (χ2v) is 4.74. The van der Waals surface area contributed by atoms with Crippen molar-refractivity contribution >= 4 is 15.1 Å². The maximum atomic E-state index is 13.8. The third-order valence-electron chi connectivity index (χ3n) is 2.02. The molecular formula is C9H9AtFN3O3. The van der Waals surface area contributed by atoms with Crippen LogP contribution in [0.3, 0.4) is 0 Å². The molecule has 0 aromatic carbocycles. The summed E-state index contributed by atoms with van der Waals surface area (Å²) in [5.74, 6) is -2.73. The third kappa shape index (κ3) is 3.17. The maximum absolute atomic E-state index is 13.8. The molecule has 0 aliphatic carbocycles. The van der Waals surface area contributed by atoms with E-state index in [4.69, 9.17) is 16.6 Å². The molecule has 0 radical (unpaired) electrons. The Morgan fingerprint density at radius 1 is 1.59 bits per heavy atom. The standard InChI is InChI=1S/C9H9AtFN3O3/c10-5-6(11)3(1-4(12)9(16)17)2-14-7(5)8(13)15/h2,4H,1,12H2,(H2,13,15)(H,16,17). The molecule has 0 bridgehead atoms. The van der Waals surface area contributed by atoms with Gasteiger partial charge in [-0.15, -0.1) is 0 Å². The van der Waals surface area contributed by atoms with Crippen LogP contribution in [0.15, 0.2) is 6.20 Å². The number of carboxylic acids is 1. The van der Waals surface area contributed by atoms with Gasteiger partial charge in [0.2, 0.25) is 0 Å². The number of hydrogen-bond acceptors (Lipinski definition) is 4. The first-order valence-electron chi connectivity index (χ1n) is 4.45. The van der Waals surface area contributed by atoms with Crippen LogP contribution in [-0.4, -0.2) is 28.0 Å². The van der Waals surface area contributed by atoms with E-state index in [1.54, 1.807) is 0 Å². The molecule has 6 nitrogen and oxygen atoms in total. The van der Waals surface area contributed by atoms with Crippen molar-refractivity contribution in [3.63, 3.8) is 0 Å². The summed E-state index contributed by atoms with van der Waals surface area (Å²) < 4.78 is 13.8. The van der Waals surface area contributed by atoms with Gasteiger partial charge in [-0.05, 0) is 0 Å². The zero-order valence-electron chi connectivity index (χ0n) is 8.48. The molecule has 1 unspecified atom stereocenters. The molecule has 0 saturated carbocycles. The number of pyridine rings is 1. The van der Waals surface area contributed by atoms with Crippen LogP contribution >= 0.6 is 0 Å². The fourth-order valence-corrected chi connectivity index (χ4v) is 2.16. The summed E-state index contributed by atoms with van der Waals surface area (Å²) in [4.78, 5) is 25.1. The fourth-order valence-electron chi connectivity index (χ4n) is 1.14. The van der Waals surface area contributed by atoms with Gasteiger partial charge < -0.3 is 0 Å². The van der Waals surface area contributed by atoms with Crippen molar-refractivity contribution in [3.05, 3.63) is 23.3 Å².